The van der Waals surface area contributed by atoms with Crippen LogP contribution in [0.2, 0.25) is 0 Å². The van der Waals surface area contributed by atoms with Crippen molar-refractivity contribution in [1.82, 2.24) is 0 Å². The maximum absolute atomic E-state index is 11.9. The molecule has 0 aliphatic heterocycles. The first-order chi connectivity index (χ1) is 8.78. The maximum atomic E-state index is 11.9. The van der Waals surface area contributed by atoms with Crippen LogP contribution in [0.25, 0.3) is 5.70 Å². The first kappa shape index (κ1) is 14.7. The van der Waals surface area contributed by atoms with Crippen molar-refractivity contribution in [2.24, 2.45) is 17.2 Å². The second-order valence-electron chi connectivity index (χ2n) is 3.72. The van der Waals surface area contributed by atoms with Gasteiger partial charge in [-0.25, -0.2) is 0 Å². The molecule has 19 heavy (non-hydrogen) atoms. The van der Waals surface area contributed by atoms with Crippen LogP contribution < -0.4 is 21.9 Å². The van der Waals surface area contributed by atoms with E-state index < -0.39 is 12.8 Å². The van der Waals surface area contributed by atoms with Gasteiger partial charge in [0.25, 0.3) is 0 Å². The molecule has 0 atom stereocenters. The van der Waals surface area contributed by atoms with Gasteiger partial charge in [-0.1, -0.05) is 0 Å². The molecule has 0 saturated heterocycles. The Bertz CT molecular complexity index is 474. The fourth-order valence-corrected chi connectivity index (χ4v) is 1.19. The van der Waals surface area contributed by atoms with E-state index in [4.69, 9.17) is 17.2 Å². The first-order valence-electron chi connectivity index (χ1n) is 5.26. The average Bonchev–Trinajstić information content (AvgIpc) is 2.33. The molecule has 0 bridgehead atoms. The molecule has 0 radical (unpaired) electrons. The smallest absolute Gasteiger partial charge is 0.422 e. The molecule has 0 saturated carbocycles. The molecule has 0 unspecified atom stereocenters. The van der Waals surface area contributed by atoms with E-state index >= 15 is 0 Å². The van der Waals surface area contributed by atoms with Gasteiger partial charge >= 0.3 is 6.18 Å². The Morgan fingerprint density at radius 3 is 2.11 bits per heavy atom. The van der Waals surface area contributed by atoms with Gasteiger partial charge in [0.1, 0.15) is 5.75 Å². The molecule has 0 fully saturated rings. The third kappa shape index (κ3) is 5.71. The van der Waals surface area contributed by atoms with E-state index in [0.717, 1.165) is 0 Å². The Balaban J connectivity index is 2.71. The molecule has 1 aromatic rings. The Morgan fingerprint density at radius 2 is 1.63 bits per heavy atom. The van der Waals surface area contributed by atoms with Crippen LogP contribution in [-0.2, 0) is 0 Å². The molecule has 0 aromatic heterocycles. The molecular formula is C12H14F3N3O. The van der Waals surface area contributed by atoms with Crippen LogP contribution in [0.3, 0.4) is 0 Å². The van der Waals surface area contributed by atoms with E-state index in [1.165, 1.54) is 36.4 Å². The number of hydrogen-bond acceptors (Lipinski definition) is 4. The second-order valence-corrected chi connectivity index (χ2v) is 3.72. The van der Waals surface area contributed by atoms with Crippen molar-refractivity contribution in [1.29, 1.82) is 0 Å². The quantitative estimate of drug-likeness (QED) is 0.728. The highest BCUT2D eigenvalue weighted by molar-refractivity contribution is 5.64. The van der Waals surface area contributed by atoms with Gasteiger partial charge in [0, 0.05) is 5.70 Å². The number of rotatable bonds is 4. The third-order valence-electron chi connectivity index (χ3n) is 2.05. The van der Waals surface area contributed by atoms with Crippen molar-refractivity contribution in [3.63, 3.8) is 0 Å². The molecule has 4 nitrogen and oxygen atoms in total. The van der Waals surface area contributed by atoms with Crippen molar-refractivity contribution < 1.29 is 17.9 Å². The predicted molar refractivity (Wildman–Crippen MR) is 66.6 cm³/mol. The topological polar surface area (TPSA) is 87.3 Å². The summed E-state index contributed by atoms with van der Waals surface area (Å²) in [6.45, 7) is -1.33. The fourth-order valence-electron chi connectivity index (χ4n) is 1.19. The van der Waals surface area contributed by atoms with E-state index in [0.29, 0.717) is 11.3 Å². The fraction of sp³-hybridized carbons (Fsp3) is 0.167. The molecule has 6 N–H and O–H groups in total. The Hall–Kier alpha value is -2.31. The van der Waals surface area contributed by atoms with Crippen LogP contribution in [0, 0.1) is 0 Å². The standard InChI is InChI=1S/C12H14F3N3O/c13-12(14,15)7-19-9-3-1-8(2-4-9)10(16)5-6-11(17)18/h1-6H,7,16-18H2/b10-5-. The van der Waals surface area contributed by atoms with Gasteiger partial charge < -0.3 is 21.9 Å². The van der Waals surface area contributed by atoms with Crippen LogP contribution in [0.4, 0.5) is 13.2 Å². The van der Waals surface area contributed by atoms with Gasteiger partial charge in [-0.2, -0.15) is 13.2 Å². The summed E-state index contributed by atoms with van der Waals surface area (Å²) in [5.41, 5.74) is 17.2. The lowest BCUT2D eigenvalue weighted by atomic mass is 10.1. The number of benzene rings is 1. The van der Waals surface area contributed by atoms with Gasteiger partial charge in [-0.15, -0.1) is 0 Å². The molecule has 0 aliphatic rings. The summed E-state index contributed by atoms with van der Waals surface area (Å²) in [5.74, 6) is 0.218. The first-order valence-corrected chi connectivity index (χ1v) is 5.26. The van der Waals surface area contributed by atoms with Gasteiger partial charge in [0.2, 0.25) is 0 Å². The third-order valence-corrected chi connectivity index (χ3v) is 2.05. The van der Waals surface area contributed by atoms with Gasteiger partial charge in [0.15, 0.2) is 6.61 Å². The van der Waals surface area contributed by atoms with Crippen LogP contribution >= 0.6 is 0 Å². The minimum Gasteiger partial charge on any atom is -0.484 e. The lowest BCUT2D eigenvalue weighted by Crippen LogP contribution is -2.19. The zero-order chi connectivity index (χ0) is 14.5. The monoisotopic (exact) mass is 273 g/mol. The van der Waals surface area contributed by atoms with Crippen molar-refractivity contribution in [2.45, 2.75) is 6.18 Å². The highest BCUT2D eigenvalue weighted by Gasteiger charge is 2.28. The number of ether oxygens (including phenoxy) is 1. The van der Waals surface area contributed by atoms with Crippen LogP contribution in [0.5, 0.6) is 5.75 Å². The van der Waals surface area contributed by atoms with Crippen molar-refractivity contribution >= 4 is 5.70 Å². The molecule has 0 aliphatic carbocycles. The highest BCUT2D eigenvalue weighted by Crippen LogP contribution is 2.20. The lowest BCUT2D eigenvalue weighted by Gasteiger charge is -2.09. The molecule has 104 valence electrons. The summed E-state index contributed by atoms with van der Waals surface area (Å²) in [6.07, 6.45) is -1.44. The van der Waals surface area contributed by atoms with Crippen LogP contribution in [-0.4, -0.2) is 12.8 Å². The lowest BCUT2D eigenvalue weighted by molar-refractivity contribution is -0.153. The molecular weight excluding hydrogens is 259 g/mol. The maximum Gasteiger partial charge on any atom is 0.422 e. The van der Waals surface area contributed by atoms with Crippen LogP contribution in [0.1, 0.15) is 5.56 Å². The molecule has 1 rings (SSSR count). The van der Waals surface area contributed by atoms with Gasteiger partial charge in [-0.05, 0) is 42.0 Å². The number of hydrogen-bond donors (Lipinski definition) is 3. The summed E-state index contributed by atoms with van der Waals surface area (Å²) in [6, 6.07) is 5.88. The second kappa shape index (κ2) is 6.03. The van der Waals surface area contributed by atoms with Gasteiger partial charge in [0.05, 0.1) is 5.82 Å². The zero-order valence-electron chi connectivity index (χ0n) is 9.95. The summed E-state index contributed by atoms with van der Waals surface area (Å²) < 4.78 is 40.4. The number of halogens is 3. The van der Waals surface area contributed by atoms with Gasteiger partial charge in [-0.3, -0.25) is 0 Å². The molecule has 0 heterocycles. The Kier molecular flexibility index (Phi) is 4.68. The Morgan fingerprint density at radius 1 is 1.05 bits per heavy atom. The number of allylic oxidation sites excluding steroid dienone is 2. The molecule has 0 spiro atoms. The number of alkyl halides is 3. The molecule has 7 heteroatoms. The van der Waals surface area contributed by atoms with E-state index in [9.17, 15) is 13.2 Å². The number of nitrogens with two attached hydrogens (primary N) is 3. The van der Waals surface area contributed by atoms with E-state index in [1.54, 1.807) is 0 Å². The molecule has 0 amide bonds. The summed E-state index contributed by atoms with van der Waals surface area (Å²) in [7, 11) is 0. The summed E-state index contributed by atoms with van der Waals surface area (Å²) in [5, 5.41) is 0. The minimum atomic E-state index is -4.36. The normalized spacial score (nSPS) is 12.1. The summed E-state index contributed by atoms with van der Waals surface area (Å²) in [4.78, 5) is 0. The predicted octanol–water partition coefficient (Wildman–Crippen LogP) is 1.69. The molecule has 1 aromatic carbocycles. The Labute approximate surface area is 108 Å². The van der Waals surface area contributed by atoms with E-state index in [2.05, 4.69) is 4.74 Å². The van der Waals surface area contributed by atoms with Crippen molar-refractivity contribution in [3.8, 4) is 5.75 Å². The van der Waals surface area contributed by atoms with E-state index in [-0.39, 0.29) is 11.6 Å². The largest absolute Gasteiger partial charge is 0.484 e. The highest BCUT2D eigenvalue weighted by atomic mass is 19.4. The SMILES string of the molecule is NC(N)=C/C=C(\N)c1ccc(OCC(F)(F)F)cc1. The van der Waals surface area contributed by atoms with Crippen LogP contribution in [0.15, 0.2) is 42.2 Å². The summed E-state index contributed by atoms with van der Waals surface area (Å²) >= 11 is 0. The van der Waals surface area contributed by atoms with Crippen molar-refractivity contribution in [2.75, 3.05) is 6.61 Å². The average molecular weight is 273 g/mol. The minimum absolute atomic E-state index is 0.105. The van der Waals surface area contributed by atoms with Crippen molar-refractivity contribution in [3.05, 3.63) is 47.8 Å². The zero-order valence-corrected chi connectivity index (χ0v) is 9.95. The van der Waals surface area contributed by atoms with E-state index in [1.807, 2.05) is 0 Å².